The number of hydrogen-bond acceptors (Lipinski definition) is 6. The Morgan fingerprint density at radius 1 is 1.18 bits per heavy atom. The van der Waals surface area contributed by atoms with Gasteiger partial charge >= 0.3 is 0 Å². The molecule has 8 nitrogen and oxygen atoms in total. The normalized spacial score (nSPS) is 12.2. The molecule has 0 fully saturated rings. The van der Waals surface area contributed by atoms with Crippen molar-refractivity contribution in [2.75, 3.05) is 38.0 Å². The zero-order valence-corrected chi connectivity index (χ0v) is 13.6. The fourth-order valence-corrected chi connectivity index (χ4v) is 2.53. The SMILES string of the molecule is CCN(CC(O)CS(=O)(=O)O)c1cc(OC)cc(OC)c1.O. The van der Waals surface area contributed by atoms with Crippen molar-refractivity contribution < 1.29 is 33.0 Å². The van der Waals surface area contributed by atoms with Gasteiger partial charge in [-0.05, 0) is 6.92 Å². The molecular formula is C13H23NO7S. The summed E-state index contributed by atoms with van der Waals surface area (Å²) in [5, 5.41) is 9.76. The summed E-state index contributed by atoms with van der Waals surface area (Å²) in [4.78, 5) is 1.76. The first-order valence-corrected chi connectivity index (χ1v) is 8.01. The van der Waals surface area contributed by atoms with E-state index in [0.717, 1.165) is 5.69 Å². The minimum absolute atomic E-state index is 0. The van der Waals surface area contributed by atoms with Crippen molar-refractivity contribution in [1.29, 1.82) is 0 Å². The van der Waals surface area contributed by atoms with E-state index in [1.54, 1.807) is 23.1 Å². The molecule has 4 N–H and O–H groups in total. The van der Waals surface area contributed by atoms with E-state index in [0.29, 0.717) is 18.0 Å². The Balaban J connectivity index is 0.00000441. The predicted molar refractivity (Wildman–Crippen MR) is 83.5 cm³/mol. The number of nitrogens with zero attached hydrogens (tertiary/aromatic N) is 1. The van der Waals surface area contributed by atoms with Crippen molar-refractivity contribution in [2.45, 2.75) is 13.0 Å². The topological polar surface area (TPSA) is 128 Å². The molecule has 0 bridgehead atoms. The van der Waals surface area contributed by atoms with Gasteiger partial charge in [-0.25, -0.2) is 0 Å². The first kappa shape index (κ1) is 20.5. The smallest absolute Gasteiger partial charge is 0.267 e. The molecule has 0 saturated carbocycles. The number of rotatable bonds is 8. The first-order chi connectivity index (χ1) is 9.78. The minimum atomic E-state index is -4.21. The molecule has 0 aliphatic heterocycles. The van der Waals surface area contributed by atoms with Crippen LogP contribution in [0.2, 0.25) is 0 Å². The number of methoxy groups -OCH3 is 2. The van der Waals surface area contributed by atoms with E-state index in [9.17, 15) is 13.5 Å². The van der Waals surface area contributed by atoms with Gasteiger partial charge < -0.3 is 25.0 Å². The second-order valence-corrected chi connectivity index (χ2v) is 6.01. The van der Waals surface area contributed by atoms with Crippen molar-refractivity contribution in [3.05, 3.63) is 18.2 Å². The molecule has 1 aromatic rings. The van der Waals surface area contributed by atoms with Gasteiger partial charge in [-0.2, -0.15) is 8.42 Å². The third-order valence-corrected chi connectivity index (χ3v) is 3.72. The van der Waals surface area contributed by atoms with Crippen molar-refractivity contribution in [3.63, 3.8) is 0 Å². The molecule has 0 heterocycles. The molecule has 1 aromatic carbocycles. The molecule has 1 atom stereocenters. The van der Waals surface area contributed by atoms with Crippen molar-refractivity contribution in [3.8, 4) is 11.5 Å². The highest BCUT2D eigenvalue weighted by Gasteiger charge is 2.18. The summed E-state index contributed by atoms with van der Waals surface area (Å²) in [6.07, 6.45) is -1.20. The third-order valence-electron chi connectivity index (χ3n) is 2.92. The Morgan fingerprint density at radius 3 is 2.05 bits per heavy atom. The van der Waals surface area contributed by atoms with Crippen molar-refractivity contribution >= 4 is 15.8 Å². The van der Waals surface area contributed by atoms with Crippen LogP contribution >= 0.6 is 0 Å². The van der Waals surface area contributed by atoms with Crippen LogP contribution in [0.5, 0.6) is 11.5 Å². The lowest BCUT2D eigenvalue weighted by molar-refractivity contribution is 0.200. The summed E-state index contributed by atoms with van der Waals surface area (Å²) in [5.41, 5.74) is 0.725. The molecule has 0 aliphatic carbocycles. The molecule has 0 radical (unpaired) electrons. The maximum atomic E-state index is 10.8. The summed E-state index contributed by atoms with van der Waals surface area (Å²) in [6, 6.07) is 5.23. The summed E-state index contributed by atoms with van der Waals surface area (Å²) >= 11 is 0. The largest absolute Gasteiger partial charge is 0.497 e. The van der Waals surface area contributed by atoms with Gasteiger partial charge in [0.05, 0.1) is 20.3 Å². The summed E-state index contributed by atoms with van der Waals surface area (Å²) in [5.74, 6) is 0.476. The van der Waals surface area contributed by atoms with Crippen LogP contribution in [0.4, 0.5) is 5.69 Å². The van der Waals surface area contributed by atoms with Gasteiger partial charge in [-0.1, -0.05) is 0 Å². The van der Waals surface area contributed by atoms with Crippen LogP contribution in [-0.4, -0.2) is 62.7 Å². The van der Waals surface area contributed by atoms with Gasteiger partial charge in [0, 0.05) is 37.0 Å². The quantitative estimate of drug-likeness (QED) is 0.637. The fourth-order valence-electron chi connectivity index (χ4n) is 1.94. The zero-order chi connectivity index (χ0) is 16.0. The van der Waals surface area contributed by atoms with E-state index >= 15 is 0 Å². The molecule has 0 spiro atoms. The molecule has 0 amide bonds. The van der Waals surface area contributed by atoms with E-state index in [2.05, 4.69) is 0 Å². The van der Waals surface area contributed by atoms with Crippen LogP contribution in [0.15, 0.2) is 18.2 Å². The second kappa shape index (κ2) is 8.79. The highest BCUT2D eigenvalue weighted by Crippen LogP contribution is 2.28. The van der Waals surface area contributed by atoms with Crippen LogP contribution in [-0.2, 0) is 10.1 Å². The standard InChI is InChI=1S/C13H21NO6S.H2O/c1-4-14(8-11(15)9-21(16,17)18)10-5-12(19-2)7-13(6-10)20-3;/h5-7,11,15H,4,8-9H2,1-3H3,(H,16,17,18);1H2. The zero-order valence-electron chi connectivity index (χ0n) is 12.8. The lowest BCUT2D eigenvalue weighted by Crippen LogP contribution is -2.36. The van der Waals surface area contributed by atoms with E-state index in [1.807, 2.05) is 6.92 Å². The van der Waals surface area contributed by atoms with Crippen LogP contribution in [0, 0.1) is 0 Å². The average molecular weight is 337 g/mol. The first-order valence-electron chi connectivity index (χ1n) is 6.40. The van der Waals surface area contributed by atoms with Gasteiger partial charge in [0.25, 0.3) is 10.1 Å². The van der Waals surface area contributed by atoms with E-state index in [4.69, 9.17) is 14.0 Å². The third kappa shape index (κ3) is 6.48. The van der Waals surface area contributed by atoms with Gasteiger partial charge in [-0.15, -0.1) is 0 Å². The highest BCUT2D eigenvalue weighted by molar-refractivity contribution is 7.85. The van der Waals surface area contributed by atoms with E-state index in [1.165, 1.54) is 14.2 Å². The van der Waals surface area contributed by atoms with Crippen LogP contribution in [0.25, 0.3) is 0 Å². The number of ether oxygens (including phenoxy) is 2. The van der Waals surface area contributed by atoms with E-state index < -0.39 is 22.0 Å². The molecular weight excluding hydrogens is 314 g/mol. The Hall–Kier alpha value is -1.55. The van der Waals surface area contributed by atoms with Gasteiger partial charge in [0.15, 0.2) is 0 Å². The van der Waals surface area contributed by atoms with Crippen LogP contribution < -0.4 is 14.4 Å². The maximum absolute atomic E-state index is 10.8. The number of aliphatic hydroxyl groups is 1. The Kier molecular flexibility index (Phi) is 8.17. The van der Waals surface area contributed by atoms with Crippen LogP contribution in [0.1, 0.15) is 6.92 Å². The van der Waals surface area contributed by atoms with Crippen molar-refractivity contribution in [1.82, 2.24) is 0 Å². The second-order valence-electron chi connectivity index (χ2n) is 4.51. The number of benzene rings is 1. The van der Waals surface area contributed by atoms with Crippen molar-refractivity contribution in [2.24, 2.45) is 0 Å². The number of anilines is 1. The molecule has 0 aromatic heterocycles. The number of aliphatic hydroxyl groups excluding tert-OH is 1. The lowest BCUT2D eigenvalue weighted by atomic mass is 10.2. The Labute approximate surface area is 130 Å². The summed E-state index contributed by atoms with van der Waals surface area (Å²) in [6.45, 7) is 2.47. The van der Waals surface area contributed by atoms with Gasteiger partial charge in [0.1, 0.15) is 17.3 Å². The molecule has 0 aliphatic rings. The molecule has 22 heavy (non-hydrogen) atoms. The average Bonchev–Trinajstić information content (AvgIpc) is 2.42. The van der Waals surface area contributed by atoms with E-state index in [-0.39, 0.29) is 12.0 Å². The number of likely N-dealkylation sites (N-methyl/N-ethyl adjacent to an activating group) is 1. The molecule has 9 heteroatoms. The van der Waals surface area contributed by atoms with Gasteiger partial charge in [0.2, 0.25) is 0 Å². The van der Waals surface area contributed by atoms with Crippen LogP contribution in [0.3, 0.4) is 0 Å². The highest BCUT2D eigenvalue weighted by atomic mass is 32.2. The summed E-state index contributed by atoms with van der Waals surface area (Å²) in [7, 11) is -1.15. The molecule has 1 rings (SSSR count). The molecule has 128 valence electrons. The number of hydrogen-bond donors (Lipinski definition) is 2. The molecule has 1 unspecified atom stereocenters. The maximum Gasteiger partial charge on any atom is 0.267 e. The Bertz CT molecular complexity index is 539. The van der Waals surface area contributed by atoms with Gasteiger partial charge in [-0.3, -0.25) is 4.55 Å². The Morgan fingerprint density at radius 2 is 1.68 bits per heavy atom. The predicted octanol–water partition coefficient (Wildman–Crippen LogP) is -0.0459. The fraction of sp³-hybridized carbons (Fsp3) is 0.538. The summed E-state index contributed by atoms with van der Waals surface area (Å²) < 4.78 is 40.7. The minimum Gasteiger partial charge on any atom is -0.497 e. The monoisotopic (exact) mass is 337 g/mol. The molecule has 0 saturated heterocycles. The lowest BCUT2D eigenvalue weighted by Gasteiger charge is -2.26.